The summed E-state index contributed by atoms with van der Waals surface area (Å²) in [5.74, 6) is 0. The minimum atomic E-state index is -0.172. The molecule has 0 aromatic carbocycles. The van der Waals surface area contributed by atoms with Crippen LogP contribution < -0.4 is 11.3 Å². The molecule has 0 unspecified atom stereocenters. The van der Waals surface area contributed by atoms with E-state index in [1.165, 1.54) is 0 Å². The van der Waals surface area contributed by atoms with Gasteiger partial charge < -0.3 is 10.7 Å². The number of aromatic nitrogens is 3. The summed E-state index contributed by atoms with van der Waals surface area (Å²) in [4.78, 5) is 22.5. The largest absolute Gasteiger partial charge is 0.330 e. The van der Waals surface area contributed by atoms with Gasteiger partial charge in [-0.25, -0.2) is 9.97 Å². The van der Waals surface area contributed by atoms with Crippen LogP contribution in [0.5, 0.6) is 0 Å². The molecular weight excluding hydrogens is 192 g/mol. The zero-order valence-corrected chi connectivity index (χ0v) is 8.23. The van der Waals surface area contributed by atoms with Gasteiger partial charge in [0.25, 0.3) is 5.56 Å². The van der Waals surface area contributed by atoms with Crippen LogP contribution in [0.1, 0.15) is 12.1 Å². The first-order chi connectivity index (χ1) is 7.31. The topological polar surface area (TPSA) is 84.7 Å². The third kappa shape index (κ3) is 2.02. The summed E-state index contributed by atoms with van der Waals surface area (Å²) in [5, 5.41) is 0. The molecule has 78 valence electrons. The van der Waals surface area contributed by atoms with E-state index in [0.29, 0.717) is 29.8 Å². The highest BCUT2D eigenvalue weighted by Crippen LogP contribution is 2.03. The Kier molecular flexibility index (Phi) is 2.73. The Bertz CT molecular complexity index is 520. The molecule has 0 aliphatic heterocycles. The van der Waals surface area contributed by atoms with E-state index in [1.807, 2.05) is 6.07 Å². The molecule has 0 bridgehead atoms. The molecule has 2 aromatic heterocycles. The molecule has 2 heterocycles. The maximum atomic E-state index is 11.5. The number of rotatable bonds is 3. The van der Waals surface area contributed by atoms with Gasteiger partial charge in [-0.2, -0.15) is 0 Å². The Morgan fingerprint density at radius 3 is 3.13 bits per heavy atom. The SMILES string of the molecule is NCCCc1nc2cccnc2[nH]c1=O. The lowest BCUT2D eigenvalue weighted by atomic mass is 10.2. The summed E-state index contributed by atoms with van der Waals surface area (Å²) >= 11 is 0. The zero-order chi connectivity index (χ0) is 10.7. The van der Waals surface area contributed by atoms with Gasteiger partial charge >= 0.3 is 0 Å². The van der Waals surface area contributed by atoms with Gasteiger partial charge in [-0.1, -0.05) is 0 Å². The molecule has 3 N–H and O–H groups in total. The van der Waals surface area contributed by atoms with Gasteiger partial charge in [0.15, 0.2) is 5.65 Å². The van der Waals surface area contributed by atoms with Crippen molar-refractivity contribution in [2.75, 3.05) is 6.54 Å². The van der Waals surface area contributed by atoms with Gasteiger partial charge in [-0.05, 0) is 31.5 Å². The van der Waals surface area contributed by atoms with Crippen molar-refractivity contribution in [2.24, 2.45) is 5.73 Å². The molecule has 0 saturated heterocycles. The fourth-order valence-electron chi connectivity index (χ4n) is 1.40. The standard InChI is InChI=1S/C10H12N4O/c11-5-1-3-8-10(15)14-9-7(13-8)4-2-6-12-9/h2,4,6H,1,3,5,11H2,(H,12,14,15). The summed E-state index contributed by atoms with van der Waals surface area (Å²) in [6.07, 6.45) is 3.00. The van der Waals surface area contributed by atoms with Crippen LogP contribution in [0.4, 0.5) is 0 Å². The number of aryl methyl sites for hydroxylation is 1. The summed E-state index contributed by atoms with van der Waals surface area (Å²) in [5.41, 5.74) is 6.98. The number of nitrogens with two attached hydrogens (primary N) is 1. The number of hydrogen-bond acceptors (Lipinski definition) is 4. The van der Waals surface area contributed by atoms with Crippen LogP contribution in [0.15, 0.2) is 23.1 Å². The Morgan fingerprint density at radius 2 is 2.33 bits per heavy atom. The van der Waals surface area contributed by atoms with Gasteiger partial charge in [0, 0.05) is 6.20 Å². The van der Waals surface area contributed by atoms with Crippen LogP contribution in [0.25, 0.3) is 11.2 Å². The predicted octanol–water partition coefficient (Wildman–Crippen LogP) is 0.209. The second kappa shape index (κ2) is 4.18. The molecule has 0 aliphatic carbocycles. The molecule has 0 atom stereocenters. The van der Waals surface area contributed by atoms with Crippen molar-refractivity contribution in [1.82, 2.24) is 15.0 Å². The van der Waals surface area contributed by atoms with E-state index in [1.54, 1.807) is 12.3 Å². The van der Waals surface area contributed by atoms with Gasteiger partial charge in [0.05, 0.1) is 0 Å². The van der Waals surface area contributed by atoms with Crippen molar-refractivity contribution in [3.63, 3.8) is 0 Å². The molecule has 0 fully saturated rings. The quantitative estimate of drug-likeness (QED) is 0.748. The maximum Gasteiger partial charge on any atom is 0.271 e. The second-order valence-corrected chi connectivity index (χ2v) is 3.28. The van der Waals surface area contributed by atoms with E-state index < -0.39 is 0 Å². The van der Waals surface area contributed by atoms with E-state index in [9.17, 15) is 4.79 Å². The first-order valence-electron chi connectivity index (χ1n) is 4.85. The lowest BCUT2D eigenvalue weighted by Gasteiger charge is -2.00. The smallest absolute Gasteiger partial charge is 0.271 e. The fraction of sp³-hybridized carbons (Fsp3) is 0.300. The van der Waals surface area contributed by atoms with Gasteiger partial charge in [0.1, 0.15) is 11.2 Å². The Hall–Kier alpha value is -1.75. The molecule has 0 spiro atoms. The number of aromatic amines is 1. The Morgan fingerprint density at radius 1 is 1.47 bits per heavy atom. The van der Waals surface area contributed by atoms with Gasteiger partial charge in [0.2, 0.25) is 0 Å². The molecule has 0 amide bonds. The molecule has 5 nitrogen and oxygen atoms in total. The number of pyridine rings is 1. The van der Waals surface area contributed by atoms with Crippen molar-refractivity contribution in [2.45, 2.75) is 12.8 Å². The second-order valence-electron chi connectivity index (χ2n) is 3.28. The average Bonchev–Trinajstić information content (AvgIpc) is 2.26. The van der Waals surface area contributed by atoms with Crippen molar-refractivity contribution >= 4 is 11.2 Å². The predicted molar refractivity (Wildman–Crippen MR) is 57.5 cm³/mol. The molecule has 0 radical (unpaired) electrons. The lowest BCUT2D eigenvalue weighted by molar-refractivity contribution is 0.801. The van der Waals surface area contributed by atoms with E-state index in [-0.39, 0.29) is 5.56 Å². The number of nitrogens with one attached hydrogen (secondary N) is 1. The molecule has 15 heavy (non-hydrogen) atoms. The normalized spacial score (nSPS) is 10.7. The third-order valence-corrected chi connectivity index (χ3v) is 2.15. The Balaban J connectivity index is 2.48. The average molecular weight is 204 g/mol. The van der Waals surface area contributed by atoms with Gasteiger partial charge in [-0.3, -0.25) is 4.79 Å². The summed E-state index contributed by atoms with van der Waals surface area (Å²) in [7, 11) is 0. The summed E-state index contributed by atoms with van der Waals surface area (Å²) < 4.78 is 0. The summed E-state index contributed by atoms with van der Waals surface area (Å²) in [6.45, 7) is 0.562. The van der Waals surface area contributed by atoms with Crippen molar-refractivity contribution < 1.29 is 0 Å². The van der Waals surface area contributed by atoms with Gasteiger partial charge in [-0.15, -0.1) is 0 Å². The molecule has 2 rings (SSSR count). The number of H-pyrrole nitrogens is 1. The highest BCUT2D eigenvalue weighted by Gasteiger charge is 2.03. The lowest BCUT2D eigenvalue weighted by Crippen LogP contribution is -2.16. The highest BCUT2D eigenvalue weighted by molar-refractivity contribution is 5.68. The zero-order valence-electron chi connectivity index (χ0n) is 8.23. The minimum absolute atomic E-state index is 0.172. The molecule has 0 aliphatic rings. The van der Waals surface area contributed by atoms with E-state index in [4.69, 9.17) is 5.73 Å². The first-order valence-corrected chi connectivity index (χ1v) is 4.85. The monoisotopic (exact) mass is 204 g/mol. The van der Waals surface area contributed by atoms with Crippen LogP contribution in [-0.4, -0.2) is 21.5 Å². The van der Waals surface area contributed by atoms with Crippen molar-refractivity contribution in [3.8, 4) is 0 Å². The van der Waals surface area contributed by atoms with Crippen LogP contribution in [0.2, 0.25) is 0 Å². The van der Waals surface area contributed by atoms with E-state index in [0.717, 1.165) is 6.42 Å². The number of fused-ring (bicyclic) bond motifs is 1. The highest BCUT2D eigenvalue weighted by atomic mass is 16.1. The molecule has 5 heteroatoms. The fourth-order valence-corrected chi connectivity index (χ4v) is 1.40. The minimum Gasteiger partial charge on any atom is -0.330 e. The van der Waals surface area contributed by atoms with Crippen LogP contribution in [0, 0.1) is 0 Å². The summed E-state index contributed by atoms with van der Waals surface area (Å²) in [6, 6.07) is 3.62. The van der Waals surface area contributed by atoms with Crippen molar-refractivity contribution in [3.05, 3.63) is 34.4 Å². The number of hydrogen-bond donors (Lipinski definition) is 2. The maximum absolute atomic E-state index is 11.5. The van der Waals surface area contributed by atoms with Crippen LogP contribution in [-0.2, 0) is 6.42 Å². The van der Waals surface area contributed by atoms with Crippen LogP contribution >= 0.6 is 0 Å². The number of nitrogens with zero attached hydrogens (tertiary/aromatic N) is 2. The third-order valence-electron chi connectivity index (χ3n) is 2.15. The molecular formula is C10H12N4O. The van der Waals surface area contributed by atoms with Crippen LogP contribution in [0.3, 0.4) is 0 Å². The molecule has 2 aromatic rings. The van der Waals surface area contributed by atoms with E-state index >= 15 is 0 Å². The van der Waals surface area contributed by atoms with Crippen molar-refractivity contribution in [1.29, 1.82) is 0 Å². The first kappa shape index (κ1) is 9.79. The molecule has 0 saturated carbocycles. The Labute approximate surface area is 86.4 Å². The van der Waals surface area contributed by atoms with E-state index in [2.05, 4.69) is 15.0 Å².